The zero-order valence-corrected chi connectivity index (χ0v) is 21.1. The van der Waals surface area contributed by atoms with Crippen LogP contribution in [0.5, 0.6) is 0 Å². The molecule has 182 valence electrons. The summed E-state index contributed by atoms with van der Waals surface area (Å²) in [6.07, 6.45) is 7.37. The van der Waals surface area contributed by atoms with Crippen LogP contribution in [0.15, 0.2) is 53.4 Å². The Kier molecular flexibility index (Phi) is 7.73. The molecule has 1 amide bonds. The number of sulfonamides is 1. The highest BCUT2D eigenvalue weighted by molar-refractivity contribution is 7.89. The molecule has 2 saturated heterocycles. The monoisotopic (exact) mass is 481 g/mol. The van der Waals surface area contributed by atoms with Gasteiger partial charge in [0.15, 0.2) is 0 Å². The fourth-order valence-corrected chi connectivity index (χ4v) is 6.22. The predicted octanol–water partition coefficient (Wildman–Crippen LogP) is 4.23. The third kappa shape index (κ3) is 5.53. The largest absolute Gasteiger partial charge is 0.368 e. The van der Waals surface area contributed by atoms with E-state index in [2.05, 4.69) is 36.9 Å². The Balaban J connectivity index is 1.34. The van der Waals surface area contributed by atoms with Crippen LogP contribution in [0.25, 0.3) is 6.08 Å². The first-order valence-corrected chi connectivity index (χ1v) is 13.7. The summed E-state index contributed by atoms with van der Waals surface area (Å²) in [5.41, 5.74) is 4.64. The number of rotatable bonds is 5. The summed E-state index contributed by atoms with van der Waals surface area (Å²) in [4.78, 5) is 17.3. The molecule has 2 heterocycles. The second kappa shape index (κ2) is 10.7. The summed E-state index contributed by atoms with van der Waals surface area (Å²) in [6, 6.07) is 13.2. The molecule has 2 aliphatic heterocycles. The quantitative estimate of drug-likeness (QED) is 0.600. The van der Waals surface area contributed by atoms with Crippen molar-refractivity contribution >= 4 is 27.7 Å². The molecule has 6 nitrogen and oxygen atoms in total. The van der Waals surface area contributed by atoms with Crippen LogP contribution in [0.3, 0.4) is 0 Å². The van der Waals surface area contributed by atoms with Gasteiger partial charge < -0.3 is 9.80 Å². The number of nitrogens with zero attached hydrogens (tertiary/aromatic N) is 3. The third-order valence-corrected chi connectivity index (χ3v) is 8.92. The lowest BCUT2D eigenvalue weighted by atomic mass is 10.1. The van der Waals surface area contributed by atoms with E-state index in [4.69, 9.17) is 0 Å². The molecule has 7 heteroatoms. The Morgan fingerprint density at radius 1 is 0.824 bits per heavy atom. The van der Waals surface area contributed by atoms with Gasteiger partial charge in [-0.3, -0.25) is 4.79 Å². The molecule has 0 atom stereocenters. The molecule has 34 heavy (non-hydrogen) atoms. The van der Waals surface area contributed by atoms with Gasteiger partial charge in [-0.1, -0.05) is 37.1 Å². The summed E-state index contributed by atoms with van der Waals surface area (Å²) in [6.45, 7) is 8.45. The molecule has 0 bridgehead atoms. The van der Waals surface area contributed by atoms with Gasteiger partial charge in [-0.15, -0.1) is 0 Å². The number of aryl methyl sites for hydroxylation is 1. The van der Waals surface area contributed by atoms with Crippen LogP contribution in [0.4, 0.5) is 5.69 Å². The summed E-state index contributed by atoms with van der Waals surface area (Å²) < 4.78 is 27.5. The Hall–Kier alpha value is -2.64. The van der Waals surface area contributed by atoms with E-state index in [1.165, 1.54) is 16.8 Å². The maximum absolute atomic E-state index is 12.9. The lowest BCUT2D eigenvalue weighted by Gasteiger charge is -2.36. The highest BCUT2D eigenvalue weighted by Gasteiger charge is 2.25. The molecule has 0 aromatic heterocycles. The SMILES string of the molecule is Cc1cccc(N2CCN(C(=O)C=Cc3ccc(S(=O)(=O)N4CCCCCC4)cc3)CC2)c1C. The minimum atomic E-state index is -3.46. The molecule has 2 fully saturated rings. The first-order chi connectivity index (χ1) is 16.4. The number of carbonyl (C=O) groups excluding carboxylic acids is 1. The predicted molar refractivity (Wildman–Crippen MR) is 137 cm³/mol. The second-order valence-corrected chi connectivity index (χ2v) is 11.2. The summed E-state index contributed by atoms with van der Waals surface area (Å²) in [5, 5.41) is 0. The minimum absolute atomic E-state index is 0.0121. The number of piperazine rings is 1. The molecule has 0 aliphatic carbocycles. The molecule has 0 unspecified atom stereocenters. The fourth-order valence-electron chi connectivity index (χ4n) is 4.70. The van der Waals surface area contributed by atoms with Gasteiger partial charge in [0.05, 0.1) is 4.90 Å². The van der Waals surface area contributed by atoms with Crippen molar-refractivity contribution in [3.8, 4) is 0 Å². The zero-order valence-electron chi connectivity index (χ0n) is 20.2. The average Bonchev–Trinajstić information content (AvgIpc) is 3.15. The number of carbonyl (C=O) groups is 1. The van der Waals surface area contributed by atoms with Crippen LogP contribution in [0.1, 0.15) is 42.4 Å². The molecule has 2 aromatic rings. The van der Waals surface area contributed by atoms with Crippen LogP contribution in [0, 0.1) is 13.8 Å². The van der Waals surface area contributed by atoms with Crippen LogP contribution in [0.2, 0.25) is 0 Å². The van der Waals surface area contributed by atoms with E-state index < -0.39 is 10.0 Å². The Bertz CT molecular complexity index is 1130. The average molecular weight is 482 g/mol. The number of hydrogen-bond acceptors (Lipinski definition) is 4. The van der Waals surface area contributed by atoms with Gasteiger partial charge in [0.1, 0.15) is 0 Å². The molecule has 2 aromatic carbocycles. The highest BCUT2D eigenvalue weighted by Crippen LogP contribution is 2.24. The topological polar surface area (TPSA) is 60.9 Å². The number of benzene rings is 2. The molecular formula is C27H35N3O3S. The zero-order chi connectivity index (χ0) is 24.1. The molecule has 0 N–H and O–H groups in total. The van der Waals surface area contributed by atoms with Crippen molar-refractivity contribution in [2.24, 2.45) is 0 Å². The van der Waals surface area contributed by atoms with E-state index in [0.29, 0.717) is 31.1 Å². The van der Waals surface area contributed by atoms with E-state index >= 15 is 0 Å². The molecular weight excluding hydrogens is 446 g/mol. The maximum atomic E-state index is 12.9. The minimum Gasteiger partial charge on any atom is -0.368 e. The van der Waals surface area contributed by atoms with Gasteiger partial charge in [-0.05, 0) is 67.7 Å². The molecule has 0 spiro atoms. The van der Waals surface area contributed by atoms with Crippen molar-refractivity contribution in [1.29, 1.82) is 0 Å². The van der Waals surface area contributed by atoms with Crippen molar-refractivity contribution in [3.63, 3.8) is 0 Å². The third-order valence-electron chi connectivity index (χ3n) is 7.01. The highest BCUT2D eigenvalue weighted by atomic mass is 32.2. The van der Waals surface area contributed by atoms with Gasteiger partial charge in [-0.2, -0.15) is 4.31 Å². The second-order valence-electron chi connectivity index (χ2n) is 9.25. The first kappa shape index (κ1) is 24.5. The molecule has 0 radical (unpaired) electrons. The van der Waals surface area contributed by atoms with Crippen LogP contribution < -0.4 is 4.90 Å². The molecule has 4 rings (SSSR count). The Labute approximate surface area is 203 Å². The molecule has 0 saturated carbocycles. The Morgan fingerprint density at radius 2 is 1.47 bits per heavy atom. The summed E-state index contributed by atoms with van der Waals surface area (Å²) in [7, 11) is -3.46. The smallest absolute Gasteiger partial charge is 0.246 e. The van der Waals surface area contributed by atoms with E-state index in [1.54, 1.807) is 40.7 Å². The van der Waals surface area contributed by atoms with Gasteiger partial charge >= 0.3 is 0 Å². The van der Waals surface area contributed by atoms with Crippen molar-refractivity contribution in [2.45, 2.75) is 44.4 Å². The van der Waals surface area contributed by atoms with Gasteiger partial charge in [-0.25, -0.2) is 8.42 Å². The van der Waals surface area contributed by atoms with Gasteiger partial charge in [0.25, 0.3) is 0 Å². The van der Waals surface area contributed by atoms with E-state index in [1.807, 2.05) is 4.90 Å². The fraction of sp³-hybridized carbons (Fsp3) is 0.444. The normalized spacial score (nSPS) is 18.3. The van der Waals surface area contributed by atoms with Gasteiger partial charge in [0.2, 0.25) is 15.9 Å². The maximum Gasteiger partial charge on any atom is 0.246 e. The van der Waals surface area contributed by atoms with Gasteiger partial charge in [0, 0.05) is 51.0 Å². The van der Waals surface area contributed by atoms with Crippen LogP contribution in [-0.4, -0.2) is 62.8 Å². The Morgan fingerprint density at radius 3 is 2.12 bits per heavy atom. The van der Waals surface area contributed by atoms with Crippen molar-refractivity contribution in [2.75, 3.05) is 44.2 Å². The lowest BCUT2D eigenvalue weighted by molar-refractivity contribution is -0.126. The van der Waals surface area contributed by atoms with Crippen LogP contribution >= 0.6 is 0 Å². The first-order valence-electron chi connectivity index (χ1n) is 12.2. The number of hydrogen-bond donors (Lipinski definition) is 0. The standard InChI is InChI=1S/C27H35N3O3S/c1-22-8-7-9-26(23(22)2)28-18-20-29(21-19-28)27(31)15-12-24-10-13-25(14-11-24)34(32,33)30-16-5-3-4-6-17-30/h7-15H,3-6,16-21H2,1-2H3. The molecule has 2 aliphatic rings. The van der Waals surface area contributed by atoms with Crippen molar-refractivity contribution < 1.29 is 13.2 Å². The summed E-state index contributed by atoms with van der Waals surface area (Å²) >= 11 is 0. The van der Waals surface area contributed by atoms with E-state index in [0.717, 1.165) is 44.3 Å². The van der Waals surface area contributed by atoms with Crippen molar-refractivity contribution in [1.82, 2.24) is 9.21 Å². The lowest BCUT2D eigenvalue weighted by Crippen LogP contribution is -2.48. The van der Waals surface area contributed by atoms with E-state index in [9.17, 15) is 13.2 Å². The van der Waals surface area contributed by atoms with E-state index in [-0.39, 0.29) is 5.91 Å². The summed E-state index contributed by atoms with van der Waals surface area (Å²) in [5.74, 6) is -0.0121. The number of amides is 1. The number of anilines is 1. The van der Waals surface area contributed by atoms with Crippen LogP contribution in [-0.2, 0) is 14.8 Å². The van der Waals surface area contributed by atoms with Crippen molar-refractivity contribution in [3.05, 3.63) is 65.2 Å².